The summed E-state index contributed by atoms with van der Waals surface area (Å²) in [6.07, 6.45) is 2.13. The third kappa shape index (κ3) is 6.10. The molecule has 0 spiro atoms. The molecule has 100 valence electrons. The number of carboxylic acid groups (broad SMARTS) is 1. The predicted molar refractivity (Wildman–Crippen MR) is 70.0 cm³/mol. The lowest BCUT2D eigenvalue weighted by Gasteiger charge is -2.07. The minimum Gasteiger partial charge on any atom is -0.492 e. The fraction of sp³-hybridized carbons (Fsp3) is 0.462. The average Bonchev–Trinajstić information content (AvgIpc) is 2.36. The average molecular weight is 252 g/mol. The fourth-order valence-electron chi connectivity index (χ4n) is 1.55. The lowest BCUT2D eigenvalue weighted by atomic mass is 10.1. The first-order chi connectivity index (χ1) is 8.72. The SMILES string of the molecule is NCCCCc1ccc(OCCNC(=O)O)cc1. The van der Waals surface area contributed by atoms with Gasteiger partial charge in [0.15, 0.2) is 0 Å². The van der Waals surface area contributed by atoms with Crippen molar-refractivity contribution in [3.8, 4) is 5.75 Å². The van der Waals surface area contributed by atoms with Crippen LogP contribution in [-0.2, 0) is 6.42 Å². The lowest BCUT2D eigenvalue weighted by molar-refractivity contribution is 0.191. The molecule has 0 atom stereocenters. The van der Waals surface area contributed by atoms with Crippen molar-refractivity contribution in [2.24, 2.45) is 5.73 Å². The van der Waals surface area contributed by atoms with E-state index in [1.54, 1.807) is 0 Å². The Morgan fingerprint density at radius 1 is 1.28 bits per heavy atom. The van der Waals surface area contributed by atoms with Crippen molar-refractivity contribution in [3.63, 3.8) is 0 Å². The Bertz CT molecular complexity index is 352. The molecule has 1 aromatic rings. The van der Waals surface area contributed by atoms with Gasteiger partial charge in [-0.1, -0.05) is 12.1 Å². The summed E-state index contributed by atoms with van der Waals surface area (Å²) in [6.45, 7) is 1.35. The Balaban J connectivity index is 2.25. The molecule has 0 aliphatic heterocycles. The number of carbonyl (C=O) groups is 1. The Hall–Kier alpha value is -1.75. The quantitative estimate of drug-likeness (QED) is 0.614. The van der Waals surface area contributed by atoms with Gasteiger partial charge >= 0.3 is 6.09 Å². The summed E-state index contributed by atoms with van der Waals surface area (Å²) >= 11 is 0. The van der Waals surface area contributed by atoms with Crippen molar-refractivity contribution in [2.45, 2.75) is 19.3 Å². The van der Waals surface area contributed by atoms with Crippen LogP contribution in [0.25, 0.3) is 0 Å². The summed E-state index contributed by atoms with van der Waals surface area (Å²) in [5, 5.41) is 10.6. The number of nitrogens with two attached hydrogens (primary N) is 1. The molecule has 18 heavy (non-hydrogen) atoms. The molecule has 0 bridgehead atoms. The van der Waals surface area contributed by atoms with Crippen molar-refractivity contribution in [2.75, 3.05) is 19.7 Å². The predicted octanol–water partition coefficient (Wildman–Crippen LogP) is 1.61. The highest BCUT2D eigenvalue weighted by Gasteiger charge is 1.97. The zero-order chi connectivity index (χ0) is 13.2. The number of amides is 1. The number of ether oxygens (including phenoxy) is 1. The van der Waals surface area contributed by atoms with E-state index in [0.29, 0.717) is 6.61 Å². The van der Waals surface area contributed by atoms with Gasteiger partial charge in [-0.15, -0.1) is 0 Å². The van der Waals surface area contributed by atoms with E-state index in [-0.39, 0.29) is 6.54 Å². The first-order valence-electron chi connectivity index (χ1n) is 6.11. The van der Waals surface area contributed by atoms with Crippen molar-refractivity contribution in [1.82, 2.24) is 5.32 Å². The van der Waals surface area contributed by atoms with Crippen molar-refractivity contribution in [1.29, 1.82) is 0 Å². The van der Waals surface area contributed by atoms with E-state index >= 15 is 0 Å². The summed E-state index contributed by atoms with van der Waals surface area (Å²) in [5.41, 5.74) is 6.70. The van der Waals surface area contributed by atoms with Crippen LogP contribution < -0.4 is 15.8 Å². The topological polar surface area (TPSA) is 84.6 Å². The highest BCUT2D eigenvalue weighted by atomic mass is 16.5. The first kappa shape index (κ1) is 14.3. The molecule has 0 saturated carbocycles. The summed E-state index contributed by atoms with van der Waals surface area (Å²) in [7, 11) is 0. The highest BCUT2D eigenvalue weighted by molar-refractivity contribution is 5.64. The number of hydrogen-bond acceptors (Lipinski definition) is 3. The van der Waals surface area contributed by atoms with Gasteiger partial charge in [-0.05, 0) is 43.5 Å². The van der Waals surface area contributed by atoms with Crippen molar-refractivity contribution >= 4 is 6.09 Å². The Labute approximate surface area is 107 Å². The van der Waals surface area contributed by atoms with Gasteiger partial charge in [0.05, 0.1) is 6.54 Å². The molecular weight excluding hydrogens is 232 g/mol. The van der Waals surface area contributed by atoms with E-state index in [2.05, 4.69) is 5.32 Å². The van der Waals surface area contributed by atoms with Gasteiger partial charge in [-0.2, -0.15) is 0 Å². The van der Waals surface area contributed by atoms with Gasteiger partial charge in [0.25, 0.3) is 0 Å². The minimum atomic E-state index is -1.03. The van der Waals surface area contributed by atoms with Crippen LogP contribution in [0.2, 0.25) is 0 Å². The van der Waals surface area contributed by atoms with Crippen LogP contribution in [0.1, 0.15) is 18.4 Å². The molecule has 0 aliphatic rings. The minimum absolute atomic E-state index is 0.285. The van der Waals surface area contributed by atoms with Crippen LogP contribution >= 0.6 is 0 Å². The zero-order valence-corrected chi connectivity index (χ0v) is 10.4. The van der Waals surface area contributed by atoms with E-state index in [9.17, 15) is 4.79 Å². The van der Waals surface area contributed by atoms with E-state index in [4.69, 9.17) is 15.6 Å². The van der Waals surface area contributed by atoms with E-state index in [0.717, 1.165) is 31.6 Å². The number of benzene rings is 1. The zero-order valence-electron chi connectivity index (χ0n) is 10.4. The van der Waals surface area contributed by atoms with Crippen molar-refractivity contribution in [3.05, 3.63) is 29.8 Å². The maximum Gasteiger partial charge on any atom is 0.404 e. The molecule has 5 heteroatoms. The Kier molecular flexibility index (Phi) is 6.64. The summed E-state index contributed by atoms with van der Waals surface area (Å²) in [6, 6.07) is 7.85. The summed E-state index contributed by atoms with van der Waals surface area (Å²) < 4.78 is 5.39. The largest absolute Gasteiger partial charge is 0.492 e. The van der Waals surface area contributed by atoms with Crippen LogP contribution in [0.3, 0.4) is 0 Å². The molecule has 0 unspecified atom stereocenters. The second-order valence-electron chi connectivity index (χ2n) is 3.97. The van der Waals surface area contributed by atoms with Crippen LogP contribution in [0, 0.1) is 0 Å². The molecule has 1 rings (SSSR count). The summed E-state index contributed by atoms with van der Waals surface area (Å²) in [5.74, 6) is 0.754. The second-order valence-corrected chi connectivity index (χ2v) is 3.97. The monoisotopic (exact) mass is 252 g/mol. The number of aryl methyl sites for hydroxylation is 1. The van der Waals surface area contributed by atoms with Gasteiger partial charge in [0.2, 0.25) is 0 Å². The van der Waals surface area contributed by atoms with Crippen LogP contribution in [-0.4, -0.2) is 30.9 Å². The van der Waals surface area contributed by atoms with Gasteiger partial charge in [0, 0.05) is 0 Å². The number of hydrogen-bond donors (Lipinski definition) is 3. The molecule has 0 aromatic heterocycles. The van der Waals surface area contributed by atoms with Gasteiger partial charge in [-0.25, -0.2) is 4.79 Å². The molecule has 0 heterocycles. The van der Waals surface area contributed by atoms with E-state index in [1.165, 1.54) is 5.56 Å². The van der Waals surface area contributed by atoms with Crippen LogP contribution in [0.15, 0.2) is 24.3 Å². The maximum absolute atomic E-state index is 10.2. The maximum atomic E-state index is 10.2. The summed E-state index contributed by atoms with van der Waals surface area (Å²) in [4.78, 5) is 10.2. The third-order valence-electron chi connectivity index (χ3n) is 2.49. The third-order valence-corrected chi connectivity index (χ3v) is 2.49. The molecule has 0 saturated heterocycles. The van der Waals surface area contributed by atoms with Crippen LogP contribution in [0.4, 0.5) is 4.79 Å². The number of nitrogens with one attached hydrogen (secondary N) is 1. The van der Waals surface area contributed by atoms with Gasteiger partial charge < -0.3 is 20.9 Å². The molecule has 0 radical (unpaired) electrons. The molecule has 1 amide bonds. The molecule has 5 nitrogen and oxygen atoms in total. The molecule has 4 N–H and O–H groups in total. The molecule has 0 aliphatic carbocycles. The Morgan fingerprint density at radius 3 is 2.61 bits per heavy atom. The van der Waals surface area contributed by atoms with Gasteiger partial charge in [0.1, 0.15) is 12.4 Å². The van der Waals surface area contributed by atoms with E-state index in [1.807, 2.05) is 24.3 Å². The molecule has 1 aromatic carbocycles. The van der Waals surface area contributed by atoms with Crippen molar-refractivity contribution < 1.29 is 14.6 Å². The van der Waals surface area contributed by atoms with Crippen LogP contribution in [0.5, 0.6) is 5.75 Å². The Morgan fingerprint density at radius 2 is 2.00 bits per heavy atom. The normalized spacial score (nSPS) is 10.1. The van der Waals surface area contributed by atoms with E-state index < -0.39 is 6.09 Å². The lowest BCUT2D eigenvalue weighted by Crippen LogP contribution is -2.26. The smallest absolute Gasteiger partial charge is 0.404 e. The first-order valence-corrected chi connectivity index (χ1v) is 6.11. The number of rotatable bonds is 8. The highest BCUT2D eigenvalue weighted by Crippen LogP contribution is 2.13. The second kappa shape index (κ2) is 8.36. The fourth-order valence-corrected chi connectivity index (χ4v) is 1.55. The molecular formula is C13H20N2O3. The van der Waals surface area contributed by atoms with Gasteiger partial charge in [-0.3, -0.25) is 0 Å². The number of unbranched alkanes of at least 4 members (excludes halogenated alkanes) is 1. The standard InChI is InChI=1S/C13H20N2O3/c14-8-2-1-3-11-4-6-12(7-5-11)18-10-9-15-13(16)17/h4-7,15H,1-3,8-10,14H2,(H,16,17). The molecule has 0 fully saturated rings.